The Bertz CT molecular complexity index is 972. The largest absolute Gasteiger partial charge is 0.573 e. The highest BCUT2D eigenvalue weighted by atomic mass is 19.4. The summed E-state index contributed by atoms with van der Waals surface area (Å²) in [7, 11) is 0. The first-order valence-corrected chi connectivity index (χ1v) is 9.49. The van der Waals surface area contributed by atoms with Gasteiger partial charge in [0.15, 0.2) is 0 Å². The molecule has 0 aliphatic carbocycles. The number of rotatable bonds is 6. The third-order valence-corrected chi connectivity index (χ3v) is 4.74. The average molecular weight is 509 g/mol. The molecule has 0 unspecified atom stereocenters. The fourth-order valence-corrected chi connectivity index (χ4v) is 3.32. The van der Waals surface area contributed by atoms with Crippen LogP contribution in [0, 0.1) is 6.92 Å². The van der Waals surface area contributed by atoms with Crippen molar-refractivity contribution >= 4 is 0 Å². The molecule has 0 aromatic heterocycles. The van der Waals surface area contributed by atoms with E-state index in [4.69, 9.17) is 0 Å². The fourth-order valence-electron chi connectivity index (χ4n) is 3.32. The highest BCUT2D eigenvalue weighted by Crippen LogP contribution is 2.41. The van der Waals surface area contributed by atoms with Crippen LogP contribution in [-0.2, 0) is 5.41 Å². The first-order valence-electron chi connectivity index (χ1n) is 9.49. The zero-order valence-corrected chi connectivity index (χ0v) is 17.3. The predicted molar refractivity (Wildman–Crippen MR) is 105 cm³/mol. The average Bonchev–Trinajstić information content (AvgIpc) is 2.71. The lowest BCUT2D eigenvalue weighted by molar-refractivity contribution is -0.275. The van der Waals surface area contributed by atoms with E-state index in [-0.39, 0.29) is 16.7 Å². The Morgan fingerprint density at radius 3 is 0.771 bits per heavy atom. The topological polar surface area (TPSA) is 27.7 Å². The molecule has 0 saturated carbocycles. The normalized spacial score (nSPS) is 12.9. The van der Waals surface area contributed by atoms with Crippen LogP contribution in [0.3, 0.4) is 0 Å². The predicted octanol–water partition coefficient (Wildman–Crippen LogP) is 7.55. The molecule has 3 aromatic rings. The molecular formula is C23H14F9O3. The maximum Gasteiger partial charge on any atom is 0.573 e. The number of ether oxygens (including phenoxy) is 3. The molecule has 0 aliphatic heterocycles. The fraction of sp³-hybridized carbons (Fsp3) is 0.174. The Morgan fingerprint density at radius 2 is 0.600 bits per heavy atom. The van der Waals surface area contributed by atoms with Crippen molar-refractivity contribution in [3.63, 3.8) is 0 Å². The van der Waals surface area contributed by atoms with Crippen LogP contribution in [0.2, 0.25) is 0 Å². The molecule has 0 amide bonds. The summed E-state index contributed by atoms with van der Waals surface area (Å²) >= 11 is 0. The minimum absolute atomic E-state index is 0.265. The van der Waals surface area contributed by atoms with Gasteiger partial charge in [0.05, 0.1) is 0 Å². The molecule has 187 valence electrons. The first kappa shape index (κ1) is 26.0. The van der Waals surface area contributed by atoms with Gasteiger partial charge in [0.1, 0.15) is 17.2 Å². The van der Waals surface area contributed by atoms with Crippen molar-refractivity contribution in [2.45, 2.75) is 24.5 Å². The molecule has 0 heterocycles. The van der Waals surface area contributed by atoms with E-state index in [1.807, 2.05) is 0 Å². The maximum absolute atomic E-state index is 12.5. The number of hydrogen-bond donors (Lipinski definition) is 0. The monoisotopic (exact) mass is 509 g/mol. The molecule has 0 bridgehead atoms. The first-order chi connectivity index (χ1) is 16.1. The highest BCUT2D eigenvalue weighted by Gasteiger charge is 2.35. The number of hydrogen-bond acceptors (Lipinski definition) is 3. The van der Waals surface area contributed by atoms with Crippen LogP contribution in [0.15, 0.2) is 72.8 Å². The molecule has 3 aromatic carbocycles. The second-order valence-electron chi connectivity index (χ2n) is 7.12. The lowest BCUT2D eigenvalue weighted by Crippen LogP contribution is -2.26. The van der Waals surface area contributed by atoms with Crippen LogP contribution in [-0.4, -0.2) is 19.1 Å². The second-order valence-corrected chi connectivity index (χ2v) is 7.12. The maximum atomic E-state index is 12.5. The van der Waals surface area contributed by atoms with Gasteiger partial charge in [0.2, 0.25) is 0 Å². The van der Waals surface area contributed by atoms with Gasteiger partial charge in [-0.2, -0.15) is 0 Å². The van der Waals surface area contributed by atoms with Crippen molar-refractivity contribution < 1.29 is 53.7 Å². The van der Waals surface area contributed by atoms with Crippen molar-refractivity contribution in [1.29, 1.82) is 0 Å². The van der Waals surface area contributed by atoms with Crippen molar-refractivity contribution in [2.24, 2.45) is 0 Å². The van der Waals surface area contributed by atoms with E-state index in [9.17, 15) is 39.5 Å². The molecule has 0 fully saturated rings. The van der Waals surface area contributed by atoms with Crippen LogP contribution in [0.1, 0.15) is 16.7 Å². The van der Waals surface area contributed by atoms with E-state index in [2.05, 4.69) is 21.1 Å². The zero-order valence-electron chi connectivity index (χ0n) is 17.3. The Kier molecular flexibility index (Phi) is 6.87. The van der Waals surface area contributed by atoms with Crippen molar-refractivity contribution in [3.8, 4) is 17.2 Å². The Labute approximate surface area is 192 Å². The molecule has 0 saturated heterocycles. The van der Waals surface area contributed by atoms with E-state index >= 15 is 0 Å². The quantitative estimate of drug-likeness (QED) is 0.254. The van der Waals surface area contributed by atoms with Gasteiger partial charge in [-0.05, 0) is 60.0 Å². The summed E-state index contributed by atoms with van der Waals surface area (Å²) in [5.41, 5.74) is -0.674. The van der Waals surface area contributed by atoms with Gasteiger partial charge in [0.25, 0.3) is 0 Å². The Balaban J connectivity index is 2.05. The van der Waals surface area contributed by atoms with Crippen LogP contribution in [0.5, 0.6) is 17.2 Å². The number of halogens is 9. The molecule has 1 radical (unpaired) electrons. The standard InChI is InChI=1S/C23H14F9O3/c1-20(14-2-8-17(9-3-14)33-21(24,25)26,15-4-10-18(11-5-15)34-22(27,28)29)16-6-12-19(13-7-16)35-23(30,31)32/h2-13H,1H2. The van der Waals surface area contributed by atoms with E-state index in [1.165, 1.54) is 36.4 Å². The lowest BCUT2D eigenvalue weighted by atomic mass is 9.71. The molecule has 35 heavy (non-hydrogen) atoms. The number of benzene rings is 3. The third-order valence-electron chi connectivity index (χ3n) is 4.74. The van der Waals surface area contributed by atoms with E-state index < -0.39 is 41.8 Å². The third kappa shape index (κ3) is 6.96. The zero-order chi connectivity index (χ0) is 26.1. The molecule has 0 aliphatic rings. The van der Waals surface area contributed by atoms with E-state index in [0.29, 0.717) is 0 Å². The summed E-state index contributed by atoms with van der Waals surface area (Å²) in [5.74, 6) is -1.61. The summed E-state index contributed by atoms with van der Waals surface area (Å²) in [5, 5.41) is 0. The van der Waals surface area contributed by atoms with E-state index in [1.54, 1.807) is 0 Å². The summed E-state index contributed by atoms with van der Waals surface area (Å²) in [4.78, 5) is 0. The summed E-state index contributed by atoms with van der Waals surface area (Å²) in [6, 6.07) is 13.5. The minimum atomic E-state index is -4.94. The van der Waals surface area contributed by atoms with Crippen molar-refractivity contribution in [3.05, 3.63) is 96.4 Å². The summed E-state index contributed by atoms with van der Waals surface area (Å²) in [6.45, 7) is 4.10. The van der Waals surface area contributed by atoms with Gasteiger partial charge in [-0.25, -0.2) is 0 Å². The highest BCUT2D eigenvalue weighted by molar-refractivity contribution is 5.54. The van der Waals surface area contributed by atoms with E-state index in [0.717, 1.165) is 36.4 Å². The van der Waals surface area contributed by atoms with Crippen LogP contribution < -0.4 is 14.2 Å². The molecule has 0 spiro atoms. The lowest BCUT2D eigenvalue weighted by Gasteiger charge is -2.32. The summed E-state index contributed by atoms with van der Waals surface area (Å²) in [6.07, 6.45) is -14.8. The van der Waals surface area contributed by atoms with Gasteiger partial charge < -0.3 is 14.2 Å². The SMILES string of the molecule is [CH2]C(c1ccc(OC(F)(F)F)cc1)(c1ccc(OC(F)(F)F)cc1)c1ccc(OC(F)(F)F)cc1. The molecule has 3 nitrogen and oxygen atoms in total. The minimum Gasteiger partial charge on any atom is -0.406 e. The van der Waals surface area contributed by atoms with Gasteiger partial charge in [-0.15, -0.1) is 39.5 Å². The Morgan fingerprint density at radius 1 is 0.400 bits per heavy atom. The molecule has 0 atom stereocenters. The van der Waals surface area contributed by atoms with Crippen LogP contribution in [0.25, 0.3) is 0 Å². The molecular weight excluding hydrogens is 495 g/mol. The van der Waals surface area contributed by atoms with Crippen molar-refractivity contribution in [2.75, 3.05) is 0 Å². The molecule has 12 heteroatoms. The van der Waals surface area contributed by atoms with Crippen LogP contribution >= 0.6 is 0 Å². The second kappa shape index (κ2) is 9.23. The van der Waals surface area contributed by atoms with Crippen molar-refractivity contribution in [1.82, 2.24) is 0 Å². The van der Waals surface area contributed by atoms with Crippen LogP contribution in [0.4, 0.5) is 39.5 Å². The van der Waals surface area contributed by atoms with Gasteiger partial charge in [-0.1, -0.05) is 36.4 Å². The van der Waals surface area contributed by atoms with Gasteiger partial charge >= 0.3 is 19.1 Å². The number of alkyl halides is 9. The van der Waals surface area contributed by atoms with Gasteiger partial charge in [-0.3, -0.25) is 0 Å². The van der Waals surface area contributed by atoms with Gasteiger partial charge in [0, 0.05) is 5.41 Å². The summed E-state index contributed by atoms with van der Waals surface area (Å²) < 4.78 is 124. The Hall–Kier alpha value is -3.57. The smallest absolute Gasteiger partial charge is 0.406 e. The molecule has 0 N–H and O–H groups in total. The molecule has 3 rings (SSSR count).